The number of rotatable bonds is 4. The normalized spacial score (nSPS) is 15.3. The lowest BCUT2D eigenvalue weighted by molar-refractivity contribution is 0.445. The molecule has 35 heavy (non-hydrogen) atoms. The van der Waals surface area contributed by atoms with Crippen LogP contribution in [0.1, 0.15) is 94.2 Å². The van der Waals surface area contributed by atoms with Gasteiger partial charge < -0.3 is 0 Å². The third kappa shape index (κ3) is 3.55. The van der Waals surface area contributed by atoms with Gasteiger partial charge in [0.15, 0.2) is 0 Å². The fourth-order valence-electron chi connectivity index (χ4n) is 6.35. The van der Waals surface area contributed by atoms with Crippen LogP contribution in [0, 0.1) is 0 Å². The largest absolute Gasteiger partial charge is 0.292 e. The molecule has 0 N–H and O–H groups in total. The maximum atomic E-state index is 5.04. The molecule has 178 valence electrons. The van der Waals surface area contributed by atoms with Crippen molar-refractivity contribution in [1.82, 2.24) is 14.4 Å². The van der Waals surface area contributed by atoms with Gasteiger partial charge in [-0.25, -0.2) is 4.98 Å². The van der Waals surface area contributed by atoms with Crippen LogP contribution < -0.4 is 0 Å². The van der Waals surface area contributed by atoms with Crippen LogP contribution in [0.25, 0.3) is 38.7 Å². The fraction of sp³-hybridized carbons (Fsp3) is 0.375. The lowest BCUT2D eigenvalue weighted by atomic mass is 9.82. The van der Waals surface area contributed by atoms with Crippen molar-refractivity contribution in [3.8, 4) is 11.3 Å². The zero-order chi connectivity index (χ0) is 24.1. The van der Waals surface area contributed by atoms with Crippen LogP contribution in [-0.4, -0.2) is 14.4 Å². The van der Waals surface area contributed by atoms with E-state index in [2.05, 4.69) is 80.8 Å². The molecule has 3 aromatic heterocycles. The van der Waals surface area contributed by atoms with Crippen LogP contribution in [-0.2, 0) is 0 Å². The second kappa shape index (κ2) is 8.78. The van der Waals surface area contributed by atoms with E-state index in [1.54, 1.807) is 0 Å². The highest BCUT2D eigenvalue weighted by molar-refractivity contribution is 6.11. The van der Waals surface area contributed by atoms with Gasteiger partial charge in [0.25, 0.3) is 0 Å². The van der Waals surface area contributed by atoms with Crippen LogP contribution in [0.5, 0.6) is 0 Å². The van der Waals surface area contributed by atoms with Crippen molar-refractivity contribution in [2.45, 2.75) is 77.6 Å². The van der Waals surface area contributed by atoms with E-state index in [1.807, 2.05) is 12.3 Å². The van der Waals surface area contributed by atoms with Crippen molar-refractivity contribution in [2.75, 3.05) is 0 Å². The number of hydrogen-bond donors (Lipinski definition) is 0. The van der Waals surface area contributed by atoms with Gasteiger partial charge in [0.2, 0.25) is 0 Å². The summed E-state index contributed by atoms with van der Waals surface area (Å²) in [4.78, 5) is 9.97. The third-order valence-electron chi connectivity index (χ3n) is 8.04. The van der Waals surface area contributed by atoms with Crippen molar-refractivity contribution in [1.29, 1.82) is 0 Å². The number of nitrogens with zero attached hydrogens (tertiary/aromatic N) is 3. The fourth-order valence-corrected chi connectivity index (χ4v) is 6.35. The maximum Gasteiger partial charge on any atom is 0.147 e. The number of benzene rings is 2. The Kier molecular flexibility index (Phi) is 5.59. The molecule has 0 saturated heterocycles. The predicted octanol–water partition coefficient (Wildman–Crippen LogP) is 9.00. The Morgan fingerprint density at radius 1 is 0.800 bits per heavy atom. The molecule has 0 atom stereocenters. The Morgan fingerprint density at radius 2 is 1.51 bits per heavy atom. The van der Waals surface area contributed by atoms with Gasteiger partial charge in [-0.2, -0.15) is 0 Å². The number of pyridine rings is 2. The molecular weight excluding hydrogens is 426 g/mol. The monoisotopic (exact) mass is 461 g/mol. The van der Waals surface area contributed by atoms with Crippen molar-refractivity contribution in [3.63, 3.8) is 0 Å². The van der Waals surface area contributed by atoms with Crippen LogP contribution >= 0.6 is 0 Å². The van der Waals surface area contributed by atoms with E-state index < -0.39 is 0 Å². The van der Waals surface area contributed by atoms with Gasteiger partial charge in [-0.3, -0.25) is 9.38 Å². The number of aromatic nitrogens is 3. The van der Waals surface area contributed by atoms with Gasteiger partial charge in [-0.15, -0.1) is 0 Å². The molecule has 6 rings (SSSR count). The van der Waals surface area contributed by atoms with Gasteiger partial charge in [-0.05, 0) is 65.5 Å². The first-order valence-electron chi connectivity index (χ1n) is 13.4. The van der Waals surface area contributed by atoms with E-state index in [0.29, 0.717) is 17.8 Å². The number of fused-ring (bicyclic) bond motifs is 6. The molecule has 1 aliphatic carbocycles. The summed E-state index contributed by atoms with van der Waals surface area (Å²) in [5.41, 5.74) is 10.1. The third-order valence-corrected chi connectivity index (χ3v) is 8.04. The minimum absolute atomic E-state index is 0.431. The Hall–Kier alpha value is -3.20. The van der Waals surface area contributed by atoms with Gasteiger partial charge in [-0.1, -0.05) is 77.3 Å². The molecule has 1 fully saturated rings. The van der Waals surface area contributed by atoms with Crippen LogP contribution in [0.2, 0.25) is 0 Å². The topological polar surface area (TPSA) is 30.2 Å². The van der Waals surface area contributed by atoms with E-state index in [9.17, 15) is 0 Å². The molecule has 0 unspecified atom stereocenters. The second-order valence-electron chi connectivity index (χ2n) is 10.9. The van der Waals surface area contributed by atoms with Gasteiger partial charge in [0, 0.05) is 22.5 Å². The second-order valence-corrected chi connectivity index (χ2v) is 10.9. The summed E-state index contributed by atoms with van der Waals surface area (Å²) >= 11 is 0. The van der Waals surface area contributed by atoms with Gasteiger partial charge in [0.05, 0.1) is 22.9 Å². The molecule has 1 aliphatic rings. The average Bonchev–Trinajstić information content (AvgIpc) is 3.34. The Bertz CT molecular complexity index is 1510. The van der Waals surface area contributed by atoms with E-state index in [4.69, 9.17) is 9.97 Å². The highest BCUT2D eigenvalue weighted by atomic mass is 15.0. The Labute approximate surface area is 208 Å². The standard InChI is InChI=1S/C32H35N3/c1-20(2)23-13-8-14-24(21(3)4)29(23)28-19-34-32-26-16-10-18-33-31(26)30-25(22-11-6-5-7-12-22)15-9-17-27(30)35(28)32/h8-10,13-22H,5-7,11-12H2,1-4H3. The van der Waals surface area contributed by atoms with Crippen molar-refractivity contribution < 1.29 is 0 Å². The van der Waals surface area contributed by atoms with Crippen molar-refractivity contribution >= 4 is 27.5 Å². The molecule has 0 spiro atoms. The summed E-state index contributed by atoms with van der Waals surface area (Å²) in [7, 11) is 0. The summed E-state index contributed by atoms with van der Waals surface area (Å²) < 4.78 is 2.43. The quantitative estimate of drug-likeness (QED) is 0.250. The summed E-state index contributed by atoms with van der Waals surface area (Å²) in [6, 6.07) is 17.9. The zero-order valence-electron chi connectivity index (χ0n) is 21.4. The van der Waals surface area contributed by atoms with E-state index in [0.717, 1.165) is 16.6 Å². The van der Waals surface area contributed by atoms with E-state index in [-0.39, 0.29) is 0 Å². The number of imidazole rings is 1. The first-order chi connectivity index (χ1) is 17.1. The zero-order valence-corrected chi connectivity index (χ0v) is 21.4. The highest BCUT2D eigenvalue weighted by Crippen LogP contribution is 2.42. The summed E-state index contributed by atoms with van der Waals surface area (Å²) in [5.74, 6) is 1.47. The number of hydrogen-bond acceptors (Lipinski definition) is 2. The van der Waals surface area contributed by atoms with E-state index in [1.165, 1.54) is 71.0 Å². The van der Waals surface area contributed by atoms with Gasteiger partial charge >= 0.3 is 0 Å². The Morgan fingerprint density at radius 3 is 2.23 bits per heavy atom. The van der Waals surface area contributed by atoms with Crippen molar-refractivity contribution in [3.05, 3.63) is 77.6 Å². The molecule has 1 saturated carbocycles. The molecule has 0 amide bonds. The average molecular weight is 462 g/mol. The van der Waals surface area contributed by atoms with Gasteiger partial charge in [0.1, 0.15) is 5.65 Å². The molecule has 2 aromatic carbocycles. The first kappa shape index (κ1) is 22.3. The summed E-state index contributed by atoms with van der Waals surface area (Å²) in [5, 5.41) is 2.46. The van der Waals surface area contributed by atoms with Crippen LogP contribution in [0.4, 0.5) is 0 Å². The molecule has 0 radical (unpaired) electrons. The van der Waals surface area contributed by atoms with Crippen LogP contribution in [0.3, 0.4) is 0 Å². The molecule has 0 bridgehead atoms. The van der Waals surface area contributed by atoms with E-state index >= 15 is 0 Å². The lowest BCUT2D eigenvalue weighted by Crippen LogP contribution is -2.07. The molecule has 3 nitrogen and oxygen atoms in total. The predicted molar refractivity (Wildman–Crippen MR) is 147 cm³/mol. The van der Waals surface area contributed by atoms with Crippen molar-refractivity contribution in [2.24, 2.45) is 0 Å². The highest BCUT2D eigenvalue weighted by Gasteiger charge is 2.24. The SMILES string of the molecule is CC(C)c1cccc(C(C)C)c1-c1cnc2c3cccnc3c3c(C4CCCCC4)cccc3n12. The molecule has 3 heterocycles. The molecular formula is C32H35N3. The van der Waals surface area contributed by atoms with Crippen LogP contribution in [0.15, 0.2) is 60.9 Å². The minimum atomic E-state index is 0.431. The minimum Gasteiger partial charge on any atom is -0.292 e. The Balaban J connectivity index is 1.77. The summed E-state index contributed by atoms with van der Waals surface area (Å²) in [6.07, 6.45) is 10.6. The smallest absolute Gasteiger partial charge is 0.147 e. The summed E-state index contributed by atoms with van der Waals surface area (Å²) in [6.45, 7) is 9.19. The first-order valence-corrected chi connectivity index (χ1v) is 13.4. The lowest BCUT2D eigenvalue weighted by Gasteiger charge is -2.24. The molecule has 3 heteroatoms. The maximum absolute atomic E-state index is 5.04. The molecule has 0 aliphatic heterocycles. The molecule has 5 aromatic rings.